The van der Waals surface area contributed by atoms with Gasteiger partial charge in [-0.05, 0) is 29.8 Å². The molecule has 0 saturated carbocycles. The predicted molar refractivity (Wildman–Crippen MR) is 99.7 cm³/mol. The van der Waals surface area contributed by atoms with Crippen LogP contribution in [0, 0.1) is 0 Å². The Balaban J connectivity index is 1.72. The minimum atomic E-state index is -4.62. The maximum atomic E-state index is 12.8. The maximum Gasteiger partial charge on any atom is 0.416 e. The summed E-state index contributed by atoms with van der Waals surface area (Å²) in [4.78, 5) is 37.2. The molecule has 6 nitrogen and oxygen atoms in total. The average molecular weight is 424 g/mol. The van der Waals surface area contributed by atoms with Crippen molar-refractivity contribution in [3.8, 4) is 0 Å². The molecule has 2 aromatic rings. The van der Waals surface area contributed by atoms with Gasteiger partial charge in [-0.25, -0.2) is 9.69 Å². The molecule has 0 radical (unpaired) electrons. The number of alkyl halides is 3. The summed E-state index contributed by atoms with van der Waals surface area (Å²) in [5, 5.41) is 4.43. The van der Waals surface area contributed by atoms with Crippen molar-refractivity contribution in [2.45, 2.75) is 6.18 Å². The number of nitrogens with one attached hydrogen (secondary N) is 2. The van der Waals surface area contributed by atoms with Crippen LogP contribution >= 0.6 is 11.6 Å². The lowest BCUT2D eigenvalue weighted by molar-refractivity contribution is -0.137. The van der Waals surface area contributed by atoms with Gasteiger partial charge in [-0.15, -0.1) is 0 Å². The second-order valence-corrected chi connectivity index (χ2v) is 6.44. The number of carbonyl (C=O) groups excluding carboxylic acids is 3. The van der Waals surface area contributed by atoms with Gasteiger partial charge in [0.1, 0.15) is 12.2 Å². The Labute approximate surface area is 167 Å². The Morgan fingerprint density at radius 3 is 2.48 bits per heavy atom. The molecule has 1 aliphatic rings. The van der Waals surface area contributed by atoms with Crippen LogP contribution in [0.3, 0.4) is 0 Å². The molecule has 0 aromatic heterocycles. The summed E-state index contributed by atoms with van der Waals surface area (Å²) in [5.74, 6) is -1.61. The smallest absolute Gasteiger partial charge is 0.323 e. The first-order valence-corrected chi connectivity index (χ1v) is 8.59. The Kier molecular flexibility index (Phi) is 5.60. The van der Waals surface area contributed by atoms with Gasteiger partial charge in [0.05, 0.1) is 16.3 Å². The van der Waals surface area contributed by atoms with E-state index in [1.165, 1.54) is 6.08 Å². The number of carbonyl (C=O) groups is 3. The molecule has 0 atom stereocenters. The lowest BCUT2D eigenvalue weighted by Gasteiger charge is -2.14. The highest BCUT2D eigenvalue weighted by molar-refractivity contribution is 6.33. The van der Waals surface area contributed by atoms with Crippen LogP contribution in [-0.4, -0.2) is 29.3 Å². The summed E-state index contributed by atoms with van der Waals surface area (Å²) in [7, 11) is 0. The number of amides is 4. The lowest BCUT2D eigenvalue weighted by Crippen LogP contribution is -2.38. The van der Waals surface area contributed by atoms with Gasteiger partial charge in [-0.3, -0.25) is 9.59 Å². The quantitative estimate of drug-likeness (QED) is 0.578. The summed E-state index contributed by atoms with van der Waals surface area (Å²) < 4.78 is 38.5. The second-order valence-electron chi connectivity index (χ2n) is 6.03. The number of urea groups is 1. The van der Waals surface area contributed by atoms with E-state index in [0.717, 1.165) is 12.1 Å². The lowest BCUT2D eigenvalue weighted by atomic mass is 10.2. The average Bonchev–Trinajstić information content (AvgIpc) is 2.91. The molecule has 0 unspecified atom stereocenters. The van der Waals surface area contributed by atoms with Crippen molar-refractivity contribution >= 4 is 41.2 Å². The third kappa shape index (κ3) is 4.75. The molecule has 1 fully saturated rings. The van der Waals surface area contributed by atoms with Crippen molar-refractivity contribution in [3.63, 3.8) is 0 Å². The minimum absolute atomic E-state index is 0.0221. The number of hydrogen-bond donors (Lipinski definition) is 2. The van der Waals surface area contributed by atoms with Gasteiger partial charge < -0.3 is 10.6 Å². The van der Waals surface area contributed by atoms with Crippen molar-refractivity contribution in [2.75, 3.05) is 11.9 Å². The Morgan fingerprint density at radius 2 is 1.83 bits per heavy atom. The molecule has 10 heteroatoms. The highest BCUT2D eigenvalue weighted by atomic mass is 35.5. The van der Waals surface area contributed by atoms with Crippen molar-refractivity contribution < 1.29 is 27.6 Å². The first kappa shape index (κ1) is 20.4. The van der Waals surface area contributed by atoms with Gasteiger partial charge in [0.2, 0.25) is 5.91 Å². The molecule has 2 aromatic carbocycles. The van der Waals surface area contributed by atoms with Gasteiger partial charge >= 0.3 is 12.2 Å². The van der Waals surface area contributed by atoms with E-state index < -0.39 is 36.1 Å². The van der Waals surface area contributed by atoms with Crippen LogP contribution in [-0.2, 0) is 15.8 Å². The number of benzene rings is 2. The molecule has 2 N–H and O–H groups in total. The zero-order valence-corrected chi connectivity index (χ0v) is 15.3. The van der Waals surface area contributed by atoms with E-state index >= 15 is 0 Å². The van der Waals surface area contributed by atoms with Crippen LogP contribution in [0.5, 0.6) is 0 Å². The first-order valence-electron chi connectivity index (χ1n) is 8.21. The van der Waals surface area contributed by atoms with Crippen molar-refractivity contribution in [1.29, 1.82) is 0 Å². The van der Waals surface area contributed by atoms with Gasteiger partial charge in [-0.1, -0.05) is 41.9 Å². The molecule has 0 aliphatic carbocycles. The number of rotatable bonds is 4. The molecule has 0 spiro atoms. The van der Waals surface area contributed by atoms with Gasteiger partial charge in [-0.2, -0.15) is 13.2 Å². The highest BCUT2D eigenvalue weighted by Crippen LogP contribution is 2.33. The van der Waals surface area contributed by atoms with Crippen molar-refractivity contribution in [2.24, 2.45) is 0 Å². The topological polar surface area (TPSA) is 78.5 Å². The molecule has 29 heavy (non-hydrogen) atoms. The van der Waals surface area contributed by atoms with E-state index in [4.69, 9.17) is 11.6 Å². The molecule has 1 heterocycles. The Hall–Kier alpha value is -3.33. The van der Waals surface area contributed by atoms with Gasteiger partial charge in [0, 0.05) is 0 Å². The van der Waals surface area contributed by atoms with E-state index in [9.17, 15) is 27.6 Å². The molecule has 3 rings (SSSR count). The largest absolute Gasteiger partial charge is 0.416 e. The van der Waals surface area contributed by atoms with Gasteiger partial charge in [0.25, 0.3) is 5.91 Å². The van der Waals surface area contributed by atoms with E-state index in [1.807, 2.05) is 0 Å². The number of nitrogens with zero attached hydrogens (tertiary/aromatic N) is 1. The highest BCUT2D eigenvalue weighted by Gasteiger charge is 2.35. The van der Waals surface area contributed by atoms with Crippen molar-refractivity contribution in [3.05, 3.63) is 70.4 Å². The van der Waals surface area contributed by atoms with Gasteiger partial charge in [0.15, 0.2) is 0 Å². The van der Waals surface area contributed by atoms with Crippen LogP contribution in [0.25, 0.3) is 6.08 Å². The molecule has 0 bridgehead atoms. The standard InChI is InChI=1S/C19H13ClF3N3O3/c20-13-7-6-12(19(21,22)23)9-14(13)24-16(27)10-26-17(28)15(25-18(26)29)8-11-4-2-1-3-5-11/h1-9H,10H2,(H,24,27)(H,25,29)/b15-8+. The molecule has 1 aliphatic heterocycles. The fourth-order valence-electron chi connectivity index (χ4n) is 2.56. The number of hydrogen-bond acceptors (Lipinski definition) is 3. The van der Waals surface area contributed by atoms with E-state index in [-0.39, 0.29) is 16.4 Å². The summed E-state index contributed by atoms with van der Waals surface area (Å²) >= 11 is 5.83. The fourth-order valence-corrected chi connectivity index (χ4v) is 2.73. The summed E-state index contributed by atoms with van der Waals surface area (Å²) in [6.07, 6.45) is -3.17. The molecular weight excluding hydrogens is 411 g/mol. The fraction of sp³-hybridized carbons (Fsp3) is 0.105. The zero-order valence-electron chi connectivity index (χ0n) is 14.6. The zero-order chi connectivity index (χ0) is 21.2. The Morgan fingerprint density at radius 1 is 1.14 bits per heavy atom. The van der Waals surface area contributed by atoms with Crippen LogP contribution in [0.4, 0.5) is 23.7 Å². The third-order valence-electron chi connectivity index (χ3n) is 3.94. The first-order chi connectivity index (χ1) is 13.6. The van der Waals surface area contributed by atoms with Crippen LogP contribution in [0.2, 0.25) is 5.02 Å². The van der Waals surface area contributed by atoms with Crippen molar-refractivity contribution in [1.82, 2.24) is 10.2 Å². The maximum absolute atomic E-state index is 12.8. The monoisotopic (exact) mass is 423 g/mol. The van der Waals surface area contributed by atoms with Crippen LogP contribution in [0.15, 0.2) is 54.2 Å². The van der Waals surface area contributed by atoms with E-state index in [1.54, 1.807) is 30.3 Å². The number of imide groups is 1. The molecule has 4 amide bonds. The molecule has 1 saturated heterocycles. The summed E-state index contributed by atoms with van der Waals surface area (Å²) in [6.45, 7) is -0.691. The van der Waals surface area contributed by atoms with E-state index in [2.05, 4.69) is 10.6 Å². The van der Waals surface area contributed by atoms with Crippen LogP contribution in [0.1, 0.15) is 11.1 Å². The Bertz CT molecular complexity index is 1010. The number of anilines is 1. The summed E-state index contributed by atoms with van der Waals surface area (Å²) in [5.41, 5.74) is -0.636. The normalized spacial score (nSPS) is 15.6. The van der Waals surface area contributed by atoms with Crippen LogP contribution < -0.4 is 10.6 Å². The number of halogens is 4. The third-order valence-corrected chi connectivity index (χ3v) is 4.27. The predicted octanol–water partition coefficient (Wildman–Crippen LogP) is 3.89. The summed E-state index contributed by atoms with van der Waals surface area (Å²) in [6, 6.07) is 10.3. The van der Waals surface area contributed by atoms with E-state index in [0.29, 0.717) is 16.5 Å². The second kappa shape index (κ2) is 7.96. The molecular formula is C19H13ClF3N3O3. The molecule has 150 valence electrons. The minimum Gasteiger partial charge on any atom is -0.323 e. The SMILES string of the molecule is O=C(CN1C(=O)N/C(=C/c2ccccc2)C1=O)Nc1cc(C(F)(F)F)ccc1Cl.